The van der Waals surface area contributed by atoms with Crippen molar-refractivity contribution in [3.05, 3.63) is 29.5 Å². The van der Waals surface area contributed by atoms with E-state index in [1.54, 1.807) is 0 Å². The van der Waals surface area contributed by atoms with Crippen molar-refractivity contribution in [2.45, 2.75) is 44.7 Å². The molecule has 126 valence electrons. The number of rotatable bonds is 3. The first-order valence-electron chi connectivity index (χ1n) is 8.22. The van der Waals surface area contributed by atoms with Crippen LogP contribution in [0.3, 0.4) is 0 Å². The van der Waals surface area contributed by atoms with E-state index in [4.69, 9.17) is 4.42 Å². The highest BCUT2D eigenvalue weighted by Gasteiger charge is 2.54. The highest BCUT2D eigenvalue weighted by molar-refractivity contribution is 7.13. The third-order valence-corrected chi connectivity index (χ3v) is 5.96. The summed E-state index contributed by atoms with van der Waals surface area (Å²) in [6.45, 7) is 2.19. The zero-order valence-electron chi connectivity index (χ0n) is 13.4. The highest BCUT2D eigenvalue weighted by atomic mass is 32.1. The monoisotopic (exact) mass is 345 g/mol. The predicted octanol–water partition coefficient (Wildman–Crippen LogP) is 3.40. The van der Waals surface area contributed by atoms with Gasteiger partial charge in [-0.25, -0.2) is 9.78 Å². The van der Waals surface area contributed by atoms with Crippen molar-refractivity contribution in [2.24, 2.45) is 5.92 Å². The molecule has 1 spiro atoms. The van der Waals surface area contributed by atoms with E-state index in [9.17, 15) is 9.59 Å². The minimum Gasteiger partial charge on any atom is -0.443 e. The number of carbonyl (C=O) groups excluding carboxylic acids is 2. The second-order valence-corrected chi connectivity index (χ2v) is 7.51. The minimum atomic E-state index is -0.727. The van der Waals surface area contributed by atoms with Gasteiger partial charge in [0.2, 0.25) is 5.89 Å². The molecule has 3 heterocycles. The summed E-state index contributed by atoms with van der Waals surface area (Å²) < 4.78 is 5.48. The standard InChI is InChI=1S/C17H19N3O3S/c1-11-5-2-3-7-17(11)15(21)20(16(22)19-17)9-12-10-23-14(18-12)13-6-4-8-24-13/h4,6,8,10-11H,2-3,5,7,9H2,1H3,(H,19,22)/t11-,17-/m1/s1. The summed E-state index contributed by atoms with van der Waals surface area (Å²) >= 11 is 1.53. The fourth-order valence-corrected chi connectivity index (χ4v) is 4.35. The van der Waals surface area contributed by atoms with Gasteiger partial charge in [-0.05, 0) is 30.2 Å². The van der Waals surface area contributed by atoms with Gasteiger partial charge in [-0.2, -0.15) is 0 Å². The zero-order chi connectivity index (χ0) is 16.7. The fourth-order valence-electron chi connectivity index (χ4n) is 3.69. The van der Waals surface area contributed by atoms with E-state index in [-0.39, 0.29) is 24.4 Å². The molecule has 1 saturated carbocycles. The molecular weight excluding hydrogens is 326 g/mol. The second-order valence-electron chi connectivity index (χ2n) is 6.56. The molecule has 3 amide bonds. The molecule has 0 unspecified atom stereocenters. The molecule has 1 aliphatic carbocycles. The maximum absolute atomic E-state index is 12.9. The van der Waals surface area contributed by atoms with Crippen LogP contribution in [0.4, 0.5) is 4.79 Å². The average molecular weight is 345 g/mol. The van der Waals surface area contributed by atoms with E-state index in [2.05, 4.69) is 10.3 Å². The van der Waals surface area contributed by atoms with Gasteiger partial charge in [0.05, 0.1) is 17.1 Å². The Bertz CT molecular complexity index is 770. The van der Waals surface area contributed by atoms with Crippen molar-refractivity contribution < 1.29 is 14.0 Å². The third-order valence-electron chi connectivity index (χ3n) is 5.11. The Morgan fingerprint density at radius 3 is 3.08 bits per heavy atom. The van der Waals surface area contributed by atoms with Crippen molar-refractivity contribution in [1.29, 1.82) is 0 Å². The fraction of sp³-hybridized carbons (Fsp3) is 0.471. The number of amides is 3. The van der Waals surface area contributed by atoms with Crippen LogP contribution < -0.4 is 5.32 Å². The average Bonchev–Trinajstić information content (AvgIpc) is 3.28. The molecule has 2 aliphatic rings. The number of thiophene rings is 1. The topological polar surface area (TPSA) is 75.4 Å². The van der Waals surface area contributed by atoms with Gasteiger partial charge in [0.15, 0.2) is 0 Å². The van der Waals surface area contributed by atoms with E-state index in [1.807, 2.05) is 24.4 Å². The van der Waals surface area contributed by atoms with Gasteiger partial charge in [0, 0.05) is 0 Å². The van der Waals surface area contributed by atoms with Crippen LogP contribution >= 0.6 is 11.3 Å². The number of imide groups is 1. The molecular formula is C17H19N3O3S. The lowest BCUT2D eigenvalue weighted by Crippen LogP contribution is -2.53. The van der Waals surface area contributed by atoms with Crippen LogP contribution in [0, 0.1) is 5.92 Å². The summed E-state index contributed by atoms with van der Waals surface area (Å²) in [6.07, 6.45) is 5.28. The van der Waals surface area contributed by atoms with Crippen molar-refractivity contribution in [2.75, 3.05) is 0 Å². The number of hydrogen-bond donors (Lipinski definition) is 1. The Morgan fingerprint density at radius 1 is 1.46 bits per heavy atom. The molecule has 0 aromatic carbocycles. The molecule has 1 N–H and O–H groups in total. The van der Waals surface area contributed by atoms with Crippen molar-refractivity contribution in [3.8, 4) is 10.8 Å². The number of urea groups is 1. The van der Waals surface area contributed by atoms with E-state index in [0.717, 1.165) is 24.1 Å². The minimum absolute atomic E-state index is 0.125. The molecule has 2 atom stereocenters. The van der Waals surface area contributed by atoms with E-state index in [1.165, 1.54) is 22.5 Å². The number of nitrogens with one attached hydrogen (secondary N) is 1. The number of hydrogen-bond acceptors (Lipinski definition) is 5. The molecule has 1 aliphatic heterocycles. The molecule has 6 nitrogen and oxygen atoms in total. The lowest BCUT2D eigenvalue weighted by molar-refractivity contribution is -0.134. The van der Waals surface area contributed by atoms with Gasteiger partial charge < -0.3 is 9.73 Å². The Labute approximate surface area is 143 Å². The van der Waals surface area contributed by atoms with Crippen LogP contribution in [0.1, 0.15) is 38.3 Å². The zero-order valence-corrected chi connectivity index (χ0v) is 14.3. The van der Waals surface area contributed by atoms with Crippen molar-refractivity contribution in [1.82, 2.24) is 15.2 Å². The van der Waals surface area contributed by atoms with Crippen molar-refractivity contribution in [3.63, 3.8) is 0 Å². The highest BCUT2D eigenvalue weighted by Crippen LogP contribution is 2.38. The van der Waals surface area contributed by atoms with E-state index >= 15 is 0 Å². The maximum atomic E-state index is 12.9. The Morgan fingerprint density at radius 2 is 2.33 bits per heavy atom. The second kappa shape index (κ2) is 5.73. The van der Waals surface area contributed by atoms with Gasteiger partial charge in [0.1, 0.15) is 11.8 Å². The van der Waals surface area contributed by atoms with Gasteiger partial charge in [-0.1, -0.05) is 25.8 Å². The third kappa shape index (κ3) is 2.34. The van der Waals surface area contributed by atoms with Crippen LogP contribution in [0.2, 0.25) is 0 Å². The van der Waals surface area contributed by atoms with Crippen LogP contribution in [-0.4, -0.2) is 27.4 Å². The molecule has 0 radical (unpaired) electrons. The van der Waals surface area contributed by atoms with Crippen LogP contribution in [-0.2, 0) is 11.3 Å². The summed E-state index contributed by atoms with van der Waals surface area (Å²) in [5.74, 6) is 0.555. The first kappa shape index (κ1) is 15.4. The molecule has 4 rings (SSSR count). The largest absolute Gasteiger partial charge is 0.443 e. The first-order valence-corrected chi connectivity index (χ1v) is 9.10. The SMILES string of the molecule is C[C@@H]1CCCC[C@@]12NC(=O)N(Cc1coc(-c3cccs3)n1)C2=O. The molecule has 1 saturated heterocycles. The van der Waals surface area contributed by atoms with Crippen LogP contribution in [0.25, 0.3) is 10.8 Å². The Balaban J connectivity index is 1.55. The molecule has 2 aromatic heterocycles. The Kier molecular flexibility index (Phi) is 3.68. The normalized spacial score (nSPS) is 27.0. The molecule has 2 aromatic rings. The molecule has 0 bridgehead atoms. The van der Waals surface area contributed by atoms with E-state index in [0.29, 0.717) is 18.0 Å². The smallest absolute Gasteiger partial charge is 0.325 e. The van der Waals surface area contributed by atoms with Gasteiger partial charge in [-0.3, -0.25) is 9.69 Å². The van der Waals surface area contributed by atoms with Gasteiger partial charge >= 0.3 is 6.03 Å². The lowest BCUT2D eigenvalue weighted by Gasteiger charge is -2.36. The quantitative estimate of drug-likeness (QED) is 0.865. The number of nitrogens with zero attached hydrogens (tertiary/aromatic N) is 2. The summed E-state index contributed by atoms with van der Waals surface area (Å²) in [6, 6.07) is 3.52. The summed E-state index contributed by atoms with van der Waals surface area (Å²) in [5.41, 5.74) is -0.141. The molecule has 24 heavy (non-hydrogen) atoms. The Hall–Kier alpha value is -2.15. The summed E-state index contributed by atoms with van der Waals surface area (Å²) in [5, 5.41) is 4.90. The number of oxazole rings is 1. The molecule has 2 fully saturated rings. The summed E-state index contributed by atoms with van der Waals surface area (Å²) in [4.78, 5) is 31.9. The van der Waals surface area contributed by atoms with Crippen LogP contribution in [0.15, 0.2) is 28.2 Å². The summed E-state index contributed by atoms with van der Waals surface area (Å²) in [7, 11) is 0. The van der Waals surface area contributed by atoms with E-state index < -0.39 is 5.54 Å². The maximum Gasteiger partial charge on any atom is 0.325 e. The van der Waals surface area contributed by atoms with Gasteiger partial charge in [0.25, 0.3) is 5.91 Å². The lowest BCUT2D eigenvalue weighted by atomic mass is 9.73. The predicted molar refractivity (Wildman–Crippen MR) is 89.3 cm³/mol. The number of carbonyl (C=O) groups is 2. The van der Waals surface area contributed by atoms with Gasteiger partial charge in [-0.15, -0.1) is 11.3 Å². The number of aromatic nitrogens is 1. The van der Waals surface area contributed by atoms with Crippen LogP contribution in [0.5, 0.6) is 0 Å². The van der Waals surface area contributed by atoms with Crippen molar-refractivity contribution >= 4 is 23.3 Å². The molecule has 7 heteroatoms. The first-order chi connectivity index (χ1) is 11.6.